The molecule has 0 saturated carbocycles. The molecule has 1 aromatic heterocycles. The molecule has 0 aliphatic carbocycles. The Morgan fingerprint density at radius 3 is 2.67 bits per heavy atom. The number of hydrogen-bond acceptors (Lipinski definition) is 5. The van der Waals surface area contributed by atoms with Gasteiger partial charge in [0.25, 0.3) is 0 Å². The maximum atomic E-state index is 12.5. The second-order valence-electron chi connectivity index (χ2n) is 6.15. The number of carbonyl (C=O) groups is 1. The number of aryl methyl sites for hydroxylation is 1. The molecule has 0 aliphatic heterocycles. The van der Waals surface area contributed by atoms with Crippen LogP contribution in [0.1, 0.15) is 34.2 Å². The highest BCUT2D eigenvalue weighted by molar-refractivity contribution is 6.02. The maximum Gasteiger partial charge on any atom is 0.307 e. The van der Waals surface area contributed by atoms with Gasteiger partial charge >= 0.3 is 5.91 Å². The van der Waals surface area contributed by atoms with Gasteiger partial charge in [0.1, 0.15) is 11.3 Å². The summed E-state index contributed by atoms with van der Waals surface area (Å²) in [7, 11) is 3.24. The minimum atomic E-state index is -0.381. The number of amides is 1. The lowest BCUT2D eigenvalue weighted by Gasteiger charge is -2.10. The molecule has 1 amide bonds. The number of fused-ring (bicyclic) bond motifs is 1. The number of ether oxygens (including phenoxy) is 2. The van der Waals surface area contributed by atoms with Crippen LogP contribution >= 0.6 is 0 Å². The van der Waals surface area contributed by atoms with Crippen LogP contribution in [0.15, 0.2) is 52.0 Å². The van der Waals surface area contributed by atoms with E-state index in [-0.39, 0.29) is 11.7 Å². The van der Waals surface area contributed by atoms with E-state index in [9.17, 15) is 4.79 Å². The van der Waals surface area contributed by atoms with Crippen LogP contribution < -0.4 is 10.2 Å². The van der Waals surface area contributed by atoms with Gasteiger partial charge in [0.05, 0.1) is 19.4 Å². The molecule has 0 unspecified atom stereocenters. The maximum absolute atomic E-state index is 12.5. The van der Waals surface area contributed by atoms with Gasteiger partial charge in [0.15, 0.2) is 5.76 Å². The fourth-order valence-electron chi connectivity index (χ4n) is 2.91. The van der Waals surface area contributed by atoms with E-state index in [0.717, 1.165) is 27.8 Å². The molecule has 27 heavy (non-hydrogen) atoms. The molecule has 0 spiro atoms. The summed E-state index contributed by atoms with van der Waals surface area (Å²) >= 11 is 0. The van der Waals surface area contributed by atoms with Gasteiger partial charge < -0.3 is 13.9 Å². The van der Waals surface area contributed by atoms with Gasteiger partial charge in [-0.1, -0.05) is 18.2 Å². The SMILES string of the molecule is COCc1cc(/C(C)=N\NC(=O)c2oc3ccccc3c2C)ccc1OC. The summed E-state index contributed by atoms with van der Waals surface area (Å²) < 4.78 is 16.2. The Morgan fingerprint density at radius 2 is 1.96 bits per heavy atom. The average Bonchev–Trinajstić information content (AvgIpc) is 3.03. The van der Waals surface area contributed by atoms with Crippen LogP contribution in [0.25, 0.3) is 11.0 Å². The van der Waals surface area contributed by atoms with Crippen molar-refractivity contribution >= 4 is 22.6 Å². The number of carbonyl (C=O) groups excluding carboxylic acids is 1. The van der Waals surface area contributed by atoms with E-state index in [4.69, 9.17) is 13.9 Å². The zero-order valence-electron chi connectivity index (χ0n) is 15.8. The van der Waals surface area contributed by atoms with E-state index in [1.807, 2.05) is 56.3 Å². The molecule has 0 aliphatic rings. The number of furan rings is 1. The Kier molecular flexibility index (Phi) is 5.57. The lowest BCUT2D eigenvalue weighted by atomic mass is 10.1. The van der Waals surface area contributed by atoms with Gasteiger partial charge in [-0.05, 0) is 43.7 Å². The molecule has 1 N–H and O–H groups in total. The van der Waals surface area contributed by atoms with E-state index in [1.165, 1.54) is 0 Å². The Labute approximate surface area is 157 Å². The Bertz CT molecular complexity index is 1000. The summed E-state index contributed by atoms with van der Waals surface area (Å²) in [5.74, 6) is 0.631. The molecular weight excluding hydrogens is 344 g/mol. The highest BCUT2D eigenvalue weighted by Gasteiger charge is 2.17. The zero-order chi connectivity index (χ0) is 19.4. The van der Waals surface area contributed by atoms with Crippen molar-refractivity contribution in [3.63, 3.8) is 0 Å². The van der Waals surface area contributed by atoms with Crippen molar-refractivity contribution in [3.8, 4) is 5.75 Å². The van der Waals surface area contributed by atoms with Gasteiger partial charge in [0, 0.05) is 23.6 Å². The van der Waals surface area contributed by atoms with Gasteiger partial charge in [-0.25, -0.2) is 5.43 Å². The largest absolute Gasteiger partial charge is 0.496 e. The predicted molar refractivity (Wildman–Crippen MR) is 104 cm³/mol. The van der Waals surface area contributed by atoms with E-state index in [0.29, 0.717) is 17.9 Å². The zero-order valence-corrected chi connectivity index (χ0v) is 15.8. The predicted octanol–water partition coefficient (Wildman–Crippen LogP) is 4.05. The summed E-state index contributed by atoms with van der Waals surface area (Å²) in [4.78, 5) is 12.5. The molecule has 140 valence electrons. The molecule has 6 nitrogen and oxygen atoms in total. The number of nitrogens with zero attached hydrogens (tertiary/aromatic N) is 1. The number of hydrogen-bond donors (Lipinski definition) is 1. The third kappa shape index (κ3) is 3.85. The summed E-state index contributed by atoms with van der Waals surface area (Å²) in [6.45, 7) is 4.11. The number of hydrazone groups is 1. The highest BCUT2D eigenvalue weighted by Crippen LogP contribution is 2.25. The second kappa shape index (κ2) is 8.05. The minimum absolute atomic E-state index is 0.266. The molecule has 3 aromatic rings. The molecule has 3 rings (SSSR count). The van der Waals surface area contributed by atoms with E-state index >= 15 is 0 Å². The van der Waals surface area contributed by atoms with Crippen LogP contribution in [0, 0.1) is 6.92 Å². The van der Waals surface area contributed by atoms with Gasteiger partial charge in [-0.15, -0.1) is 0 Å². The summed E-state index contributed by atoms with van der Waals surface area (Å²) in [5.41, 5.74) is 6.48. The molecule has 0 bridgehead atoms. The second-order valence-corrected chi connectivity index (χ2v) is 6.15. The molecule has 1 heterocycles. The fourth-order valence-corrected chi connectivity index (χ4v) is 2.91. The number of rotatable bonds is 6. The first-order valence-corrected chi connectivity index (χ1v) is 8.54. The van der Waals surface area contributed by atoms with Crippen LogP contribution in [0.4, 0.5) is 0 Å². The van der Waals surface area contributed by atoms with Crippen LogP contribution in [0.5, 0.6) is 5.75 Å². The standard InChI is InChI=1S/C21H22N2O4/c1-13-17-7-5-6-8-19(17)27-20(13)21(24)23-22-14(2)15-9-10-18(26-4)16(11-15)12-25-3/h5-11H,12H2,1-4H3,(H,23,24)/b22-14-. The number of para-hydroxylation sites is 1. The fraction of sp³-hybridized carbons (Fsp3) is 0.238. The van der Waals surface area contributed by atoms with Crippen molar-refractivity contribution in [1.82, 2.24) is 5.43 Å². The van der Waals surface area contributed by atoms with Gasteiger partial charge in [-0.3, -0.25) is 4.79 Å². The van der Waals surface area contributed by atoms with E-state index in [1.54, 1.807) is 14.2 Å². The summed E-state index contributed by atoms with van der Waals surface area (Å²) in [5, 5.41) is 5.13. The smallest absolute Gasteiger partial charge is 0.307 e. The highest BCUT2D eigenvalue weighted by atomic mass is 16.5. The van der Waals surface area contributed by atoms with Crippen molar-refractivity contribution < 1.29 is 18.7 Å². The Hall–Kier alpha value is -3.12. The van der Waals surface area contributed by atoms with Crippen molar-refractivity contribution in [3.05, 3.63) is 64.9 Å². The molecule has 6 heteroatoms. The van der Waals surface area contributed by atoms with Crippen LogP contribution in [0.3, 0.4) is 0 Å². The Morgan fingerprint density at radius 1 is 1.19 bits per heavy atom. The quantitative estimate of drug-likeness (QED) is 0.528. The van der Waals surface area contributed by atoms with Crippen molar-refractivity contribution in [2.75, 3.05) is 14.2 Å². The lowest BCUT2D eigenvalue weighted by Crippen LogP contribution is -2.19. The van der Waals surface area contributed by atoms with E-state index in [2.05, 4.69) is 10.5 Å². The van der Waals surface area contributed by atoms with Crippen LogP contribution in [-0.2, 0) is 11.3 Å². The minimum Gasteiger partial charge on any atom is -0.496 e. The normalized spacial score (nSPS) is 11.6. The van der Waals surface area contributed by atoms with Gasteiger partial charge in [0.2, 0.25) is 0 Å². The molecular formula is C21H22N2O4. The van der Waals surface area contributed by atoms with Crippen molar-refractivity contribution in [2.24, 2.45) is 5.10 Å². The molecule has 2 aromatic carbocycles. The third-order valence-electron chi connectivity index (χ3n) is 4.37. The molecule has 0 radical (unpaired) electrons. The number of methoxy groups -OCH3 is 2. The average molecular weight is 366 g/mol. The van der Waals surface area contributed by atoms with Crippen LogP contribution in [0.2, 0.25) is 0 Å². The number of nitrogens with one attached hydrogen (secondary N) is 1. The topological polar surface area (TPSA) is 73.1 Å². The van der Waals surface area contributed by atoms with Crippen molar-refractivity contribution in [1.29, 1.82) is 0 Å². The molecule has 0 fully saturated rings. The first kappa shape index (κ1) is 18.7. The number of benzene rings is 2. The first-order chi connectivity index (χ1) is 13.0. The van der Waals surface area contributed by atoms with E-state index < -0.39 is 0 Å². The van der Waals surface area contributed by atoms with Crippen molar-refractivity contribution in [2.45, 2.75) is 20.5 Å². The molecule has 0 saturated heterocycles. The summed E-state index contributed by atoms with van der Waals surface area (Å²) in [6, 6.07) is 13.2. The first-order valence-electron chi connectivity index (χ1n) is 8.54. The molecule has 0 atom stereocenters. The Balaban J connectivity index is 1.81. The third-order valence-corrected chi connectivity index (χ3v) is 4.37. The van der Waals surface area contributed by atoms with Crippen LogP contribution in [-0.4, -0.2) is 25.8 Å². The summed E-state index contributed by atoms with van der Waals surface area (Å²) in [6.07, 6.45) is 0. The lowest BCUT2D eigenvalue weighted by molar-refractivity contribution is 0.0928. The monoisotopic (exact) mass is 366 g/mol. The van der Waals surface area contributed by atoms with Gasteiger partial charge in [-0.2, -0.15) is 5.10 Å².